The number of methoxy groups -OCH3 is 1. The summed E-state index contributed by atoms with van der Waals surface area (Å²) in [7, 11) is 1.85. The molecule has 0 aliphatic carbocycles. The van der Waals surface area contributed by atoms with Gasteiger partial charge in [0.2, 0.25) is 0 Å². The Labute approximate surface area is 99.7 Å². The fraction of sp³-hybridized carbons (Fsp3) is 1.00. The third-order valence-electron chi connectivity index (χ3n) is 3.98. The summed E-state index contributed by atoms with van der Waals surface area (Å²) in [5.41, 5.74) is 0. The Bertz CT molecular complexity index is 192. The van der Waals surface area contributed by atoms with E-state index in [1.54, 1.807) is 0 Å². The molecule has 0 aromatic carbocycles. The molecule has 0 radical (unpaired) electrons. The molecule has 94 valence electrons. The number of ether oxygens (including phenoxy) is 1. The van der Waals surface area contributed by atoms with Gasteiger partial charge in [0.15, 0.2) is 0 Å². The molecule has 2 heterocycles. The van der Waals surface area contributed by atoms with Crippen LogP contribution in [0.25, 0.3) is 0 Å². The fourth-order valence-electron chi connectivity index (χ4n) is 2.87. The summed E-state index contributed by atoms with van der Waals surface area (Å²) in [5, 5.41) is 0. The Hall–Kier alpha value is -0.120. The number of nitrogens with zero attached hydrogens (tertiary/aromatic N) is 2. The van der Waals surface area contributed by atoms with E-state index in [9.17, 15) is 0 Å². The van der Waals surface area contributed by atoms with Crippen LogP contribution in [0, 0.1) is 0 Å². The maximum absolute atomic E-state index is 5.46. The summed E-state index contributed by atoms with van der Waals surface area (Å²) < 4.78 is 5.46. The van der Waals surface area contributed by atoms with E-state index in [0.717, 1.165) is 6.54 Å². The first kappa shape index (κ1) is 12.3. The zero-order valence-electron chi connectivity index (χ0n) is 10.7. The van der Waals surface area contributed by atoms with Gasteiger partial charge in [0.25, 0.3) is 0 Å². The van der Waals surface area contributed by atoms with Crippen molar-refractivity contribution in [1.29, 1.82) is 0 Å². The molecule has 2 saturated heterocycles. The lowest BCUT2D eigenvalue weighted by Crippen LogP contribution is -2.44. The third kappa shape index (κ3) is 3.72. The van der Waals surface area contributed by atoms with E-state index in [1.807, 2.05) is 7.11 Å². The molecule has 0 N–H and O–H groups in total. The molecule has 2 aliphatic rings. The number of hydrogen-bond acceptors (Lipinski definition) is 3. The van der Waals surface area contributed by atoms with Crippen LogP contribution in [0.3, 0.4) is 0 Å². The first-order chi connectivity index (χ1) is 7.88. The SMILES string of the molecule is COC1CCCN(CCN2CCCCC2)C1. The third-order valence-corrected chi connectivity index (χ3v) is 3.98. The molecule has 0 aromatic heterocycles. The monoisotopic (exact) mass is 226 g/mol. The van der Waals surface area contributed by atoms with Crippen LogP contribution in [-0.4, -0.2) is 62.3 Å². The van der Waals surface area contributed by atoms with Gasteiger partial charge < -0.3 is 9.64 Å². The average Bonchev–Trinajstić information content (AvgIpc) is 2.38. The maximum Gasteiger partial charge on any atom is 0.0698 e. The standard InChI is InChI=1S/C13H26N2O/c1-16-13-6-5-9-15(12-13)11-10-14-7-3-2-4-8-14/h13H,2-12H2,1H3. The molecule has 0 aromatic rings. The van der Waals surface area contributed by atoms with Crippen molar-refractivity contribution in [2.45, 2.75) is 38.2 Å². The van der Waals surface area contributed by atoms with Gasteiger partial charge in [-0.15, -0.1) is 0 Å². The molecule has 1 unspecified atom stereocenters. The van der Waals surface area contributed by atoms with Gasteiger partial charge in [0.05, 0.1) is 6.10 Å². The highest BCUT2D eigenvalue weighted by atomic mass is 16.5. The van der Waals surface area contributed by atoms with Gasteiger partial charge >= 0.3 is 0 Å². The van der Waals surface area contributed by atoms with Crippen LogP contribution in [0.2, 0.25) is 0 Å². The molecular weight excluding hydrogens is 200 g/mol. The van der Waals surface area contributed by atoms with Crippen molar-refractivity contribution < 1.29 is 4.74 Å². The first-order valence-electron chi connectivity index (χ1n) is 6.86. The topological polar surface area (TPSA) is 15.7 Å². The lowest BCUT2D eigenvalue weighted by Gasteiger charge is -2.34. The molecule has 1 atom stereocenters. The fourth-order valence-corrected chi connectivity index (χ4v) is 2.87. The van der Waals surface area contributed by atoms with E-state index in [2.05, 4.69) is 9.80 Å². The number of likely N-dealkylation sites (tertiary alicyclic amines) is 2. The van der Waals surface area contributed by atoms with Crippen LogP contribution in [-0.2, 0) is 4.74 Å². The second-order valence-corrected chi connectivity index (χ2v) is 5.20. The van der Waals surface area contributed by atoms with Crippen molar-refractivity contribution in [2.24, 2.45) is 0 Å². The lowest BCUT2D eigenvalue weighted by molar-refractivity contribution is 0.0273. The Morgan fingerprint density at radius 2 is 1.62 bits per heavy atom. The second-order valence-electron chi connectivity index (χ2n) is 5.20. The second kappa shape index (κ2) is 6.58. The van der Waals surface area contributed by atoms with E-state index in [0.29, 0.717) is 6.10 Å². The van der Waals surface area contributed by atoms with Gasteiger partial charge in [-0.3, -0.25) is 4.90 Å². The summed E-state index contributed by atoms with van der Waals surface area (Å²) in [6.45, 7) is 7.55. The average molecular weight is 226 g/mol. The molecule has 2 aliphatic heterocycles. The lowest BCUT2D eigenvalue weighted by atomic mass is 10.1. The van der Waals surface area contributed by atoms with Crippen molar-refractivity contribution in [3.63, 3.8) is 0 Å². The van der Waals surface area contributed by atoms with E-state index in [1.165, 1.54) is 64.8 Å². The normalized spacial score (nSPS) is 29.4. The smallest absolute Gasteiger partial charge is 0.0698 e. The molecule has 0 amide bonds. The molecule has 0 saturated carbocycles. The first-order valence-corrected chi connectivity index (χ1v) is 6.86. The summed E-state index contributed by atoms with van der Waals surface area (Å²) >= 11 is 0. The van der Waals surface area contributed by atoms with Gasteiger partial charge in [-0.05, 0) is 45.3 Å². The maximum atomic E-state index is 5.46. The van der Waals surface area contributed by atoms with Crippen LogP contribution in [0.5, 0.6) is 0 Å². The van der Waals surface area contributed by atoms with Crippen molar-refractivity contribution in [2.75, 3.05) is 46.4 Å². The van der Waals surface area contributed by atoms with Crippen LogP contribution < -0.4 is 0 Å². The Morgan fingerprint density at radius 1 is 0.938 bits per heavy atom. The Morgan fingerprint density at radius 3 is 2.38 bits per heavy atom. The van der Waals surface area contributed by atoms with Gasteiger partial charge in [-0.25, -0.2) is 0 Å². The van der Waals surface area contributed by atoms with Crippen molar-refractivity contribution in [3.05, 3.63) is 0 Å². The predicted octanol–water partition coefficient (Wildman–Crippen LogP) is 1.58. The minimum atomic E-state index is 0.482. The van der Waals surface area contributed by atoms with Gasteiger partial charge in [-0.1, -0.05) is 6.42 Å². The van der Waals surface area contributed by atoms with Crippen molar-refractivity contribution >= 4 is 0 Å². The highest BCUT2D eigenvalue weighted by Gasteiger charge is 2.19. The van der Waals surface area contributed by atoms with Gasteiger partial charge in [-0.2, -0.15) is 0 Å². The predicted molar refractivity (Wildman–Crippen MR) is 66.8 cm³/mol. The largest absolute Gasteiger partial charge is 0.380 e. The zero-order chi connectivity index (χ0) is 11.2. The quantitative estimate of drug-likeness (QED) is 0.724. The van der Waals surface area contributed by atoms with Crippen LogP contribution in [0.4, 0.5) is 0 Å². The molecule has 2 fully saturated rings. The van der Waals surface area contributed by atoms with E-state index < -0.39 is 0 Å². The van der Waals surface area contributed by atoms with E-state index in [-0.39, 0.29) is 0 Å². The summed E-state index contributed by atoms with van der Waals surface area (Å²) in [4.78, 5) is 5.20. The zero-order valence-corrected chi connectivity index (χ0v) is 10.7. The highest BCUT2D eigenvalue weighted by molar-refractivity contribution is 4.74. The van der Waals surface area contributed by atoms with Crippen LogP contribution >= 0.6 is 0 Å². The highest BCUT2D eigenvalue weighted by Crippen LogP contribution is 2.13. The van der Waals surface area contributed by atoms with Crippen molar-refractivity contribution in [1.82, 2.24) is 9.80 Å². The molecule has 3 nitrogen and oxygen atoms in total. The molecule has 0 bridgehead atoms. The Kier molecular flexibility index (Phi) is 5.07. The Balaban J connectivity index is 1.64. The summed E-state index contributed by atoms with van der Waals surface area (Å²) in [6, 6.07) is 0. The number of hydrogen-bond donors (Lipinski definition) is 0. The molecule has 3 heteroatoms. The number of rotatable bonds is 4. The summed E-state index contributed by atoms with van der Waals surface area (Å²) in [5.74, 6) is 0. The molecule has 2 rings (SSSR count). The molecule has 0 spiro atoms. The van der Waals surface area contributed by atoms with E-state index in [4.69, 9.17) is 4.74 Å². The van der Waals surface area contributed by atoms with Crippen LogP contribution in [0.15, 0.2) is 0 Å². The number of piperidine rings is 2. The van der Waals surface area contributed by atoms with Crippen LogP contribution in [0.1, 0.15) is 32.1 Å². The van der Waals surface area contributed by atoms with Gasteiger partial charge in [0, 0.05) is 26.7 Å². The minimum Gasteiger partial charge on any atom is -0.380 e. The van der Waals surface area contributed by atoms with Gasteiger partial charge in [0.1, 0.15) is 0 Å². The van der Waals surface area contributed by atoms with E-state index >= 15 is 0 Å². The van der Waals surface area contributed by atoms with Crippen molar-refractivity contribution in [3.8, 4) is 0 Å². The summed E-state index contributed by atoms with van der Waals surface area (Å²) in [6.07, 6.45) is 7.28. The molecule has 16 heavy (non-hydrogen) atoms. The minimum absolute atomic E-state index is 0.482. The molecular formula is C13H26N2O.